The van der Waals surface area contributed by atoms with E-state index in [2.05, 4.69) is 26.0 Å². The van der Waals surface area contributed by atoms with E-state index in [9.17, 15) is 4.79 Å². The van der Waals surface area contributed by atoms with E-state index in [0.29, 0.717) is 0 Å². The Kier molecular flexibility index (Phi) is 4.25. The lowest BCUT2D eigenvalue weighted by Gasteiger charge is -2.57. The van der Waals surface area contributed by atoms with Gasteiger partial charge >= 0.3 is 0 Å². The normalized spacial score (nSPS) is 33.8. The highest BCUT2D eigenvalue weighted by Gasteiger charge is 2.52. The van der Waals surface area contributed by atoms with E-state index in [4.69, 9.17) is 4.74 Å². The Morgan fingerprint density at radius 2 is 1.72 bits per heavy atom. The van der Waals surface area contributed by atoms with Gasteiger partial charge in [0.1, 0.15) is 12.0 Å². The fraction of sp³-hybridized carbons (Fsp3) is 0.609. The third kappa shape index (κ3) is 2.94. The number of allylic oxidation sites excluding steroid dienone is 2. The predicted molar refractivity (Wildman–Crippen MR) is 102 cm³/mol. The van der Waals surface area contributed by atoms with Crippen LogP contribution in [-0.4, -0.2) is 12.4 Å². The van der Waals surface area contributed by atoms with Crippen LogP contribution in [0.5, 0.6) is 5.75 Å². The summed E-state index contributed by atoms with van der Waals surface area (Å²) in [6, 6.07) is 6.43. The first kappa shape index (κ1) is 16.9. The van der Waals surface area contributed by atoms with Crippen LogP contribution in [0.3, 0.4) is 0 Å². The molecule has 2 heteroatoms. The van der Waals surface area contributed by atoms with Crippen LogP contribution >= 0.6 is 0 Å². The molecule has 0 aliphatic heterocycles. The molecule has 0 saturated heterocycles. The van der Waals surface area contributed by atoms with E-state index in [0.717, 1.165) is 40.9 Å². The quantitative estimate of drug-likeness (QED) is 0.520. The number of hydrogen-bond donors (Lipinski definition) is 0. The molecular formula is C23H30O2. The van der Waals surface area contributed by atoms with Crippen molar-refractivity contribution in [2.75, 3.05) is 0 Å². The van der Waals surface area contributed by atoms with Crippen molar-refractivity contribution in [3.05, 3.63) is 35.4 Å². The summed E-state index contributed by atoms with van der Waals surface area (Å²) in [5, 5.41) is 0. The highest BCUT2D eigenvalue weighted by atomic mass is 16.5. The van der Waals surface area contributed by atoms with Crippen LogP contribution in [0.15, 0.2) is 24.3 Å². The SMILES string of the molecule is CC=C(C=O)c1ccc(OC(C)C)c(C23CC4CC(CC(C4)C2)C3)c1. The molecule has 0 radical (unpaired) electrons. The van der Waals surface area contributed by atoms with E-state index >= 15 is 0 Å². The third-order valence-corrected chi connectivity index (χ3v) is 6.72. The predicted octanol–water partition coefficient (Wildman–Crippen LogP) is 5.54. The van der Waals surface area contributed by atoms with Crippen LogP contribution in [-0.2, 0) is 10.2 Å². The van der Waals surface area contributed by atoms with Gasteiger partial charge in [0.25, 0.3) is 0 Å². The zero-order valence-electron chi connectivity index (χ0n) is 15.8. The molecule has 1 aromatic carbocycles. The van der Waals surface area contributed by atoms with Crippen molar-refractivity contribution in [1.29, 1.82) is 0 Å². The van der Waals surface area contributed by atoms with E-state index in [1.165, 1.54) is 44.1 Å². The lowest BCUT2D eigenvalue weighted by molar-refractivity contribution is -0.103. The molecule has 2 nitrogen and oxygen atoms in total. The van der Waals surface area contributed by atoms with Gasteiger partial charge in [-0.2, -0.15) is 0 Å². The van der Waals surface area contributed by atoms with E-state index in [1.54, 1.807) is 0 Å². The first-order chi connectivity index (χ1) is 12.0. The van der Waals surface area contributed by atoms with E-state index in [1.807, 2.05) is 19.1 Å². The van der Waals surface area contributed by atoms with Gasteiger partial charge in [0, 0.05) is 11.1 Å². The minimum atomic E-state index is 0.172. The topological polar surface area (TPSA) is 26.3 Å². The summed E-state index contributed by atoms with van der Waals surface area (Å²) in [5.74, 6) is 3.74. The second kappa shape index (κ2) is 6.30. The van der Waals surface area contributed by atoms with Crippen LogP contribution < -0.4 is 4.74 Å². The first-order valence-electron chi connectivity index (χ1n) is 9.96. The molecule has 5 rings (SSSR count). The Balaban J connectivity index is 1.80. The van der Waals surface area contributed by atoms with Crippen molar-refractivity contribution < 1.29 is 9.53 Å². The molecule has 0 N–H and O–H groups in total. The van der Waals surface area contributed by atoms with Crippen LogP contribution in [0, 0.1) is 17.8 Å². The summed E-state index contributed by atoms with van der Waals surface area (Å²) in [4.78, 5) is 11.5. The van der Waals surface area contributed by atoms with Gasteiger partial charge in [-0.25, -0.2) is 0 Å². The standard InChI is InChI=1S/C23H30O2/c1-4-19(14-24)20-5-6-22(25-15(2)3)21(10-20)23-11-16-7-17(12-23)9-18(8-16)13-23/h4-6,10,14-18H,7-9,11-13H2,1-3H3. The first-order valence-corrected chi connectivity index (χ1v) is 9.96. The van der Waals surface area contributed by atoms with Crippen LogP contribution in [0.1, 0.15) is 70.4 Å². The Morgan fingerprint density at radius 1 is 1.12 bits per heavy atom. The Bertz CT molecular complexity index is 663. The summed E-state index contributed by atoms with van der Waals surface area (Å²) in [7, 11) is 0. The van der Waals surface area contributed by atoms with Gasteiger partial charge < -0.3 is 4.74 Å². The maximum atomic E-state index is 11.5. The van der Waals surface area contributed by atoms with Crippen molar-refractivity contribution in [2.45, 2.75) is 70.8 Å². The molecule has 134 valence electrons. The van der Waals surface area contributed by atoms with Crippen LogP contribution in [0.25, 0.3) is 5.57 Å². The number of rotatable bonds is 5. The molecular weight excluding hydrogens is 308 g/mol. The fourth-order valence-corrected chi connectivity index (χ4v) is 6.22. The maximum Gasteiger partial charge on any atom is 0.150 e. The summed E-state index contributed by atoms with van der Waals surface area (Å²) in [6.45, 7) is 6.13. The minimum absolute atomic E-state index is 0.172. The van der Waals surface area contributed by atoms with Crippen molar-refractivity contribution in [3.63, 3.8) is 0 Å². The average molecular weight is 338 g/mol. The van der Waals surface area contributed by atoms with Crippen molar-refractivity contribution in [3.8, 4) is 5.75 Å². The highest BCUT2D eigenvalue weighted by molar-refractivity contribution is 6.06. The second-order valence-electron chi connectivity index (χ2n) is 8.94. The number of benzene rings is 1. The molecule has 0 spiro atoms. The largest absolute Gasteiger partial charge is 0.491 e. The Morgan fingerprint density at radius 3 is 2.20 bits per heavy atom. The van der Waals surface area contributed by atoms with E-state index < -0.39 is 0 Å². The lowest BCUT2D eigenvalue weighted by Crippen LogP contribution is -2.48. The summed E-state index contributed by atoms with van der Waals surface area (Å²) in [6.07, 6.45) is 11.3. The van der Waals surface area contributed by atoms with Gasteiger partial charge in [-0.1, -0.05) is 12.1 Å². The number of carbonyl (C=O) groups excluding carboxylic acids is 1. The third-order valence-electron chi connectivity index (χ3n) is 6.72. The average Bonchev–Trinajstić information content (AvgIpc) is 2.55. The minimum Gasteiger partial charge on any atom is -0.491 e. The summed E-state index contributed by atoms with van der Waals surface area (Å²) in [5.41, 5.74) is 3.47. The second-order valence-corrected chi connectivity index (χ2v) is 8.94. The number of ether oxygens (including phenoxy) is 1. The van der Waals surface area contributed by atoms with Gasteiger partial charge in [-0.15, -0.1) is 0 Å². The zero-order chi connectivity index (χ0) is 17.6. The Hall–Kier alpha value is -1.57. The van der Waals surface area contributed by atoms with Gasteiger partial charge in [-0.05, 0) is 100 Å². The molecule has 4 aliphatic rings. The smallest absolute Gasteiger partial charge is 0.150 e. The van der Waals surface area contributed by atoms with Crippen molar-refractivity contribution in [2.24, 2.45) is 17.8 Å². The van der Waals surface area contributed by atoms with Crippen molar-refractivity contribution >= 4 is 11.9 Å². The van der Waals surface area contributed by atoms with Crippen LogP contribution in [0.4, 0.5) is 0 Å². The summed E-state index contributed by atoms with van der Waals surface area (Å²) >= 11 is 0. The molecule has 0 heterocycles. The Labute approximate surface area is 151 Å². The zero-order valence-corrected chi connectivity index (χ0v) is 15.8. The fourth-order valence-electron chi connectivity index (χ4n) is 6.22. The van der Waals surface area contributed by atoms with Crippen LogP contribution in [0.2, 0.25) is 0 Å². The van der Waals surface area contributed by atoms with Gasteiger partial charge in [0.15, 0.2) is 0 Å². The molecule has 0 atom stereocenters. The number of aldehydes is 1. The molecule has 1 aromatic rings. The molecule has 0 aromatic heterocycles. The molecule has 4 aliphatic carbocycles. The number of carbonyl (C=O) groups is 1. The molecule has 4 saturated carbocycles. The van der Waals surface area contributed by atoms with Gasteiger partial charge in [-0.3, -0.25) is 4.79 Å². The molecule has 4 fully saturated rings. The monoisotopic (exact) mass is 338 g/mol. The van der Waals surface area contributed by atoms with Gasteiger partial charge in [0.2, 0.25) is 0 Å². The molecule has 0 unspecified atom stereocenters. The molecule has 0 amide bonds. The van der Waals surface area contributed by atoms with Crippen molar-refractivity contribution in [1.82, 2.24) is 0 Å². The number of hydrogen-bond acceptors (Lipinski definition) is 2. The molecule has 25 heavy (non-hydrogen) atoms. The molecule has 4 bridgehead atoms. The van der Waals surface area contributed by atoms with Gasteiger partial charge in [0.05, 0.1) is 6.10 Å². The highest BCUT2D eigenvalue weighted by Crippen LogP contribution is 2.62. The van der Waals surface area contributed by atoms with E-state index in [-0.39, 0.29) is 11.5 Å². The lowest BCUT2D eigenvalue weighted by atomic mass is 9.48. The maximum absolute atomic E-state index is 11.5. The summed E-state index contributed by atoms with van der Waals surface area (Å²) < 4.78 is 6.23.